The van der Waals surface area contributed by atoms with Crippen LogP contribution in [0, 0.1) is 6.92 Å². The van der Waals surface area contributed by atoms with Crippen LogP contribution in [0.3, 0.4) is 0 Å². The number of aryl methyl sites for hydroxylation is 1. The summed E-state index contributed by atoms with van der Waals surface area (Å²) in [7, 11) is 1.62. The standard InChI is InChI=1S/C15H14Cl3NO/c1-9-6-13(18)14(7-12(9)17)19-8-10-11(16)4-3-5-15(10)20-2/h3-7,19H,8H2,1-2H3. The summed E-state index contributed by atoms with van der Waals surface area (Å²) in [6.07, 6.45) is 0. The van der Waals surface area contributed by atoms with Gasteiger partial charge >= 0.3 is 0 Å². The van der Waals surface area contributed by atoms with Crippen molar-refractivity contribution in [3.8, 4) is 5.75 Å². The maximum Gasteiger partial charge on any atom is 0.125 e. The van der Waals surface area contributed by atoms with E-state index in [1.165, 1.54) is 0 Å². The molecule has 0 saturated carbocycles. The van der Waals surface area contributed by atoms with Gasteiger partial charge in [-0.2, -0.15) is 0 Å². The highest BCUT2D eigenvalue weighted by molar-refractivity contribution is 6.35. The van der Waals surface area contributed by atoms with Crippen molar-refractivity contribution in [3.05, 3.63) is 56.5 Å². The van der Waals surface area contributed by atoms with Crippen molar-refractivity contribution in [3.63, 3.8) is 0 Å². The molecule has 0 aliphatic heterocycles. The highest BCUT2D eigenvalue weighted by atomic mass is 35.5. The average Bonchev–Trinajstić information content (AvgIpc) is 2.42. The molecule has 0 heterocycles. The lowest BCUT2D eigenvalue weighted by molar-refractivity contribution is 0.410. The third-order valence-corrected chi connectivity index (χ3v) is 4.07. The summed E-state index contributed by atoms with van der Waals surface area (Å²) >= 11 is 18.5. The fourth-order valence-corrected chi connectivity index (χ4v) is 2.55. The Kier molecular flexibility index (Phi) is 5.03. The Morgan fingerprint density at radius 3 is 2.50 bits per heavy atom. The highest BCUT2D eigenvalue weighted by Crippen LogP contribution is 2.31. The monoisotopic (exact) mass is 329 g/mol. The van der Waals surface area contributed by atoms with Gasteiger partial charge in [-0.05, 0) is 36.8 Å². The lowest BCUT2D eigenvalue weighted by atomic mass is 10.2. The van der Waals surface area contributed by atoms with Crippen LogP contribution in [-0.4, -0.2) is 7.11 Å². The predicted molar refractivity (Wildman–Crippen MR) is 86.5 cm³/mol. The number of rotatable bonds is 4. The normalized spacial score (nSPS) is 10.4. The summed E-state index contributed by atoms with van der Waals surface area (Å²) < 4.78 is 5.30. The van der Waals surface area contributed by atoms with Gasteiger partial charge in [0.05, 0.1) is 17.8 Å². The van der Waals surface area contributed by atoms with E-state index in [0.29, 0.717) is 21.6 Å². The van der Waals surface area contributed by atoms with E-state index in [1.807, 2.05) is 37.3 Å². The van der Waals surface area contributed by atoms with Gasteiger partial charge in [0.15, 0.2) is 0 Å². The van der Waals surface area contributed by atoms with Crippen LogP contribution in [-0.2, 0) is 6.54 Å². The summed E-state index contributed by atoms with van der Waals surface area (Å²) in [5.41, 5.74) is 2.59. The molecule has 2 aromatic rings. The van der Waals surface area contributed by atoms with Crippen molar-refractivity contribution >= 4 is 40.5 Å². The van der Waals surface area contributed by atoms with Crippen LogP contribution in [0.1, 0.15) is 11.1 Å². The second-order valence-electron chi connectivity index (χ2n) is 4.36. The van der Waals surface area contributed by atoms with Crippen molar-refractivity contribution < 1.29 is 4.74 Å². The maximum atomic E-state index is 6.20. The maximum absolute atomic E-state index is 6.20. The molecule has 0 aliphatic rings. The molecular formula is C15H14Cl3NO. The molecule has 1 N–H and O–H groups in total. The topological polar surface area (TPSA) is 21.3 Å². The summed E-state index contributed by atoms with van der Waals surface area (Å²) in [5.74, 6) is 0.735. The summed E-state index contributed by atoms with van der Waals surface area (Å²) in [5, 5.41) is 5.17. The molecule has 0 aromatic heterocycles. The SMILES string of the molecule is COc1cccc(Cl)c1CNc1cc(Cl)c(C)cc1Cl. The molecule has 0 radical (unpaired) electrons. The van der Waals surface area contributed by atoms with E-state index in [1.54, 1.807) is 7.11 Å². The number of anilines is 1. The van der Waals surface area contributed by atoms with Crippen LogP contribution in [0.15, 0.2) is 30.3 Å². The number of hydrogen-bond donors (Lipinski definition) is 1. The van der Waals surface area contributed by atoms with Gasteiger partial charge in [0.25, 0.3) is 0 Å². The Bertz CT molecular complexity index is 629. The van der Waals surface area contributed by atoms with E-state index in [9.17, 15) is 0 Å². The zero-order valence-corrected chi connectivity index (χ0v) is 13.4. The van der Waals surface area contributed by atoms with Crippen molar-refractivity contribution in [1.29, 1.82) is 0 Å². The first-order chi connectivity index (χ1) is 9.52. The molecule has 0 aliphatic carbocycles. The van der Waals surface area contributed by atoms with E-state index >= 15 is 0 Å². The fraction of sp³-hybridized carbons (Fsp3) is 0.200. The predicted octanol–water partition coefficient (Wildman–Crippen LogP) is 5.58. The Morgan fingerprint density at radius 2 is 1.80 bits per heavy atom. The molecule has 20 heavy (non-hydrogen) atoms. The number of ether oxygens (including phenoxy) is 1. The lowest BCUT2D eigenvalue weighted by Crippen LogP contribution is -2.03. The molecular weight excluding hydrogens is 317 g/mol. The van der Waals surface area contributed by atoms with E-state index < -0.39 is 0 Å². The minimum atomic E-state index is 0.502. The second kappa shape index (κ2) is 6.57. The van der Waals surface area contributed by atoms with Crippen molar-refractivity contribution in [2.75, 3.05) is 12.4 Å². The third-order valence-electron chi connectivity index (χ3n) is 3.00. The zero-order valence-electron chi connectivity index (χ0n) is 11.1. The smallest absolute Gasteiger partial charge is 0.125 e. The number of nitrogens with one attached hydrogen (secondary N) is 1. The van der Waals surface area contributed by atoms with Crippen LogP contribution in [0.2, 0.25) is 15.1 Å². The Balaban J connectivity index is 2.23. The minimum absolute atomic E-state index is 0.502. The average molecular weight is 331 g/mol. The molecule has 0 atom stereocenters. The molecule has 2 aromatic carbocycles. The molecule has 5 heteroatoms. The van der Waals surface area contributed by atoms with Gasteiger partial charge in [-0.25, -0.2) is 0 Å². The minimum Gasteiger partial charge on any atom is -0.496 e. The van der Waals surface area contributed by atoms with Crippen molar-refractivity contribution in [2.45, 2.75) is 13.5 Å². The second-order valence-corrected chi connectivity index (χ2v) is 5.58. The quantitative estimate of drug-likeness (QED) is 0.790. The number of hydrogen-bond acceptors (Lipinski definition) is 2. The Labute approximate surface area is 133 Å². The van der Waals surface area contributed by atoms with Crippen LogP contribution in [0.4, 0.5) is 5.69 Å². The Hall–Kier alpha value is -1.09. The number of benzene rings is 2. The number of methoxy groups -OCH3 is 1. The Morgan fingerprint density at radius 1 is 1.05 bits per heavy atom. The first-order valence-corrected chi connectivity index (χ1v) is 7.17. The third kappa shape index (κ3) is 3.32. The highest BCUT2D eigenvalue weighted by Gasteiger charge is 2.09. The van der Waals surface area contributed by atoms with Crippen LogP contribution in [0.5, 0.6) is 5.75 Å². The fourth-order valence-electron chi connectivity index (χ4n) is 1.87. The van der Waals surface area contributed by atoms with E-state index in [-0.39, 0.29) is 0 Å². The first kappa shape index (κ1) is 15.3. The number of halogens is 3. The van der Waals surface area contributed by atoms with E-state index in [2.05, 4.69) is 5.32 Å². The molecule has 0 unspecified atom stereocenters. The molecule has 0 saturated heterocycles. The zero-order chi connectivity index (χ0) is 14.7. The first-order valence-electron chi connectivity index (χ1n) is 6.04. The van der Waals surface area contributed by atoms with E-state index in [0.717, 1.165) is 22.6 Å². The van der Waals surface area contributed by atoms with Crippen molar-refractivity contribution in [2.24, 2.45) is 0 Å². The molecule has 0 spiro atoms. The molecule has 0 bridgehead atoms. The van der Waals surface area contributed by atoms with Gasteiger partial charge in [-0.15, -0.1) is 0 Å². The van der Waals surface area contributed by atoms with Gasteiger partial charge in [0, 0.05) is 22.2 Å². The van der Waals surface area contributed by atoms with Gasteiger partial charge < -0.3 is 10.1 Å². The van der Waals surface area contributed by atoms with Crippen molar-refractivity contribution in [1.82, 2.24) is 0 Å². The lowest BCUT2D eigenvalue weighted by Gasteiger charge is -2.14. The molecule has 2 rings (SSSR count). The molecule has 2 nitrogen and oxygen atoms in total. The van der Waals surface area contributed by atoms with Crippen LogP contribution in [0.25, 0.3) is 0 Å². The summed E-state index contributed by atoms with van der Waals surface area (Å²) in [6, 6.07) is 9.18. The largest absolute Gasteiger partial charge is 0.496 e. The van der Waals surface area contributed by atoms with Gasteiger partial charge in [0.1, 0.15) is 5.75 Å². The summed E-state index contributed by atoms with van der Waals surface area (Å²) in [6.45, 7) is 2.41. The van der Waals surface area contributed by atoms with Gasteiger partial charge in [0.2, 0.25) is 0 Å². The van der Waals surface area contributed by atoms with Crippen LogP contribution < -0.4 is 10.1 Å². The molecule has 0 fully saturated rings. The summed E-state index contributed by atoms with van der Waals surface area (Å²) in [4.78, 5) is 0. The molecule has 106 valence electrons. The molecule has 0 amide bonds. The van der Waals surface area contributed by atoms with E-state index in [4.69, 9.17) is 39.5 Å². The van der Waals surface area contributed by atoms with Crippen LogP contribution >= 0.6 is 34.8 Å². The van der Waals surface area contributed by atoms with Gasteiger partial charge in [-0.3, -0.25) is 0 Å². The van der Waals surface area contributed by atoms with Gasteiger partial charge in [-0.1, -0.05) is 40.9 Å².